The maximum Gasteiger partial charge on any atom is 0.276 e. The zero-order valence-electron chi connectivity index (χ0n) is 9.88. The third-order valence-corrected chi connectivity index (χ3v) is 3.19. The molecule has 0 bridgehead atoms. The van der Waals surface area contributed by atoms with Gasteiger partial charge in [0, 0.05) is 17.9 Å². The molecule has 1 saturated carbocycles. The number of hydrogen-bond donors (Lipinski definition) is 0. The van der Waals surface area contributed by atoms with Crippen LogP contribution in [0.2, 0.25) is 0 Å². The van der Waals surface area contributed by atoms with E-state index in [4.69, 9.17) is 0 Å². The molecule has 1 fully saturated rings. The Hall–Kier alpha value is -1.25. The number of Topliss-reactive ketones (excluding diaryl/α,β-unsaturated/α-hetero) is 1. The van der Waals surface area contributed by atoms with Gasteiger partial charge in [0.2, 0.25) is 0 Å². The molecule has 17 heavy (non-hydrogen) atoms. The maximum absolute atomic E-state index is 13.7. The fraction of sp³-hybridized carbons (Fsp3) is 0.500. The fourth-order valence-corrected chi connectivity index (χ4v) is 1.90. The number of halogens is 2. The minimum atomic E-state index is -2.68. The Labute approximate surface area is 99.8 Å². The molecule has 0 N–H and O–H groups in total. The van der Waals surface area contributed by atoms with E-state index in [1.807, 2.05) is 0 Å². The highest BCUT2D eigenvalue weighted by atomic mass is 19.3. The van der Waals surface area contributed by atoms with Gasteiger partial charge in [0.05, 0.1) is 0 Å². The highest BCUT2D eigenvalue weighted by Crippen LogP contribution is 2.49. The Kier molecular flexibility index (Phi) is 3.27. The minimum Gasteiger partial charge on any atom is -0.300 e. The van der Waals surface area contributed by atoms with Crippen molar-refractivity contribution in [1.82, 2.24) is 0 Å². The Morgan fingerprint density at radius 2 is 1.88 bits per heavy atom. The molecule has 1 aliphatic rings. The van der Waals surface area contributed by atoms with Crippen LogP contribution in [0.3, 0.4) is 0 Å². The molecule has 3 heteroatoms. The number of carbonyl (C=O) groups is 1. The van der Waals surface area contributed by atoms with Crippen LogP contribution in [0.15, 0.2) is 24.3 Å². The number of aryl methyl sites for hydroxylation is 1. The van der Waals surface area contributed by atoms with E-state index in [9.17, 15) is 13.6 Å². The van der Waals surface area contributed by atoms with Gasteiger partial charge in [-0.3, -0.25) is 0 Å². The standard InChI is InChI=1S/C14H16F2O/c1-10(17)2-3-11-4-6-12(7-5-11)14(15,16)13-8-9-13/h4-7,13H,2-3,8-9H2,1H3. The van der Waals surface area contributed by atoms with E-state index >= 15 is 0 Å². The smallest absolute Gasteiger partial charge is 0.276 e. The molecule has 2 rings (SSSR count). The van der Waals surface area contributed by atoms with Crippen molar-refractivity contribution >= 4 is 5.78 Å². The van der Waals surface area contributed by atoms with Gasteiger partial charge in [-0.25, -0.2) is 8.78 Å². The highest BCUT2D eigenvalue weighted by molar-refractivity contribution is 5.75. The molecule has 0 atom stereocenters. The van der Waals surface area contributed by atoms with Crippen molar-refractivity contribution in [1.29, 1.82) is 0 Å². The molecule has 0 heterocycles. The molecular weight excluding hydrogens is 222 g/mol. The summed E-state index contributed by atoms with van der Waals surface area (Å²) >= 11 is 0. The van der Waals surface area contributed by atoms with Gasteiger partial charge in [-0.2, -0.15) is 0 Å². The second-order valence-corrected chi connectivity index (χ2v) is 4.80. The number of alkyl halides is 2. The zero-order valence-corrected chi connectivity index (χ0v) is 9.88. The monoisotopic (exact) mass is 238 g/mol. The van der Waals surface area contributed by atoms with Crippen molar-refractivity contribution in [2.75, 3.05) is 0 Å². The van der Waals surface area contributed by atoms with Crippen molar-refractivity contribution in [2.45, 2.75) is 38.5 Å². The molecule has 0 unspecified atom stereocenters. The van der Waals surface area contributed by atoms with Gasteiger partial charge in [0.1, 0.15) is 5.78 Å². The van der Waals surface area contributed by atoms with E-state index in [-0.39, 0.29) is 11.3 Å². The molecule has 1 aromatic rings. The van der Waals surface area contributed by atoms with Gasteiger partial charge < -0.3 is 4.79 Å². The van der Waals surface area contributed by atoms with Crippen molar-refractivity contribution < 1.29 is 13.6 Å². The SMILES string of the molecule is CC(=O)CCc1ccc(C(F)(F)C2CC2)cc1. The first kappa shape index (κ1) is 12.2. The van der Waals surface area contributed by atoms with Crippen molar-refractivity contribution in [3.8, 4) is 0 Å². The van der Waals surface area contributed by atoms with E-state index in [0.717, 1.165) is 5.56 Å². The molecule has 0 radical (unpaired) electrons. The Balaban J connectivity index is 2.04. The van der Waals surface area contributed by atoms with Crippen LogP contribution in [0.5, 0.6) is 0 Å². The van der Waals surface area contributed by atoms with Gasteiger partial charge in [0.15, 0.2) is 0 Å². The van der Waals surface area contributed by atoms with Crippen LogP contribution in [0.4, 0.5) is 8.78 Å². The molecular formula is C14H16F2O. The van der Waals surface area contributed by atoms with Crippen LogP contribution in [-0.4, -0.2) is 5.78 Å². The van der Waals surface area contributed by atoms with Crippen LogP contribution >= 0.6 is 0 Å². The first-order chi connectivity index (χ1) is 8.00. The molecule has 0 spiro atoms. The van der Waals surface area contributed by atoms with Gasteiger partial charge in [-0.15, -0.1) is 0 Å². The molecule has 0 amide bonds. The fourth-order valence-electron chi connectivity index (χ4n) is 1.90. The van der Waals surface area contributed by atoms with Gasteiger partial charge in [-0.05, 0) is 31.7 Å². The van der Waals surface area contributed by atoms with E-state index in [1.165, 1.54) is 19.1 Å². The van der Waals surface area contributed by atoms with Crippen molar-refractivity contribution in [3.63, 3.8) is 0 Å². The second kappa shape index (κ2) is 4.55. The molecule has 1 aliphatic carbocycles. The van der Waals surface area contributed by atoms with Crippen molar-refractivity contribution in [2.24, 2.45) is 5.92 Å². The molecule has 0 aromatic heterocycles. The summed E-state index contributed by atoms with van der Waals surface area (Å²) in [5.41, 5.74) is 1.04. The van der Waals surface area contributed by atoms with E-state index in [0.29, 0.717) is 25.7 Å². The lowest BCUT2D eigenvalue weighted by Gasteiger charge is -2.16. The highest BCUT2D eigenvalue weighted by Gasteiger charge is 2.47. The molecule has 1 aromatic carbocycles. The summed E-state index contributed by atoms with van der Waals surface area (Å²) in [5.74, 6) is -3.03. The predicted octanol–water partition coefficient (Wildman–Crippen LogP) is 3.71. The summed E-state index contributed by atoms with van der Waals surface area (Å²) in [6, 6.07) is 6.39. The summed E-state index contributed by atoms with van der Waals surface area (Å²) in [5, 5.41) is 0. The van der Waals surface area contributed by atoms with Gasteiger partial charge >= 0.3 is 0 Å². The number of benzene rings is 1. The third-order valence-electron chi connectivity index (χ3n) is 3.19. The number of carbonyl (C=O) groups excluding carboxylic acids is 1. The van der Waals surface area contributed by atoms with Gasteiger partial charge in [-0.1, -0.05) is 24.3 Å². The van der Waals surface area contributed by atoms with Crippen LogP contribution in [0.1, 0.15) is 37.3 Å². The Bertz CT molecular complexity index is 405. The first-order valence-electron chi connectivity index (χ1n) is 5.97. The molecule has 0 aliphatic heterocycles. The number of hydrogen-bond acceptors (Lipinski definition) is 1. The van der Waals surface area contributed by atoms with Crippen molar-refractivity contribution in [3.05, 3.63) is 35.4 Å². The molecule has 92 valence electrons. The topological polar surface area (TPSA) is 17.1 Å². The quantitative estimate of drug-likeness (QED) is 0.764. The maximum atomic E-state index is 13.7. The predicted molar refractivity (Wildman–Crippen MR) is 62.1 cm³/mol. The molecule has 0 saturated heterocycles. The van der Waals surface area contributed by atoms with E-state index in [1.54, 1.807) is 12.1 Å². The van der Waals surface area contributed by atoms with Crippen LogP contribution in [-0.2, 0) is 17.1 Å². The Morgan fingerprint density at radius 3 is 2.35 bits per heavy atom. The zero-order chi connectivity index (χ0) is 12.5. The average molecular weight is 238 g/mol. The van der Waals surface area contributed by atoms with E-state index in [2.05, 4.69) is 0 Å². The normalized spacial score (nSPS) is 15.9. The first-order valence-corrected chi connectivity index (χ1v) is 5.97. The van der Waals surface area contributed by atoms with Crippen LogP contribution in [0.25, 0.3) is 0 Å². The van der Waals surface area contributed by atoms with Gasteiger partial charge in [0.25, 0.3) is 5.92 Å². The number of ketones is 1. The second-order valence-electron chi connectivity index (χ2n) is 4.80. The summed E-state index contributed by atoms with van der Waals surface area (Å²) in [6.07, 6.45) is 2.35. The number of rotatable bonds is 5. The third kappa shape index (κ3) is 2.90. The summed E-state index contributed by atoms with van der Waals surface area (Å²) < 4.78 is 27.5. The van der Waals surface area contributed by atoms with E-state index < -0.39 is 11.8 Å². The lowest BCUT2D eigenvalue weighted by molar-refractivity contribution is -0.116. The molecule has 1 nitrogen and oxygen atoms in total. The lowest BCUT2D eigenvalue weighted by Crippen LogP contribution is -2.15. The lowest BCUT2D eigenvalue weighted by atomic mass is 10.0. The summed E-state index contributed by atoms with van der Waals surface area (Å²) in [4.78, 5) is 10.8. The largest absolute Gasteiger partial charge is 0.300 e. The summed E-state index contributed by atoms with van der Waals surface area (Å²) in [7, 11) is 0. The summed E-state index contributed by atoms with van der Waals surface area (Å²) in [6.45, 7) is 1.54. The Morgan fingerprint density at radius 1 is 1.29 bits per heavy atom. The minimum absolute atomic E-state index is 0.103. The average Bonchev–Trinajstić information content (AvgIpc) is 3.11. The van der Waals surface area contributed by atoms with Crippen LogP contribution < -0.4 is 0 Å². The van der Waals surface area contributed by atoms with Crippen LogP contribution in [0, 0.1) is 5.92 Å².